The topological polar surface area (TPSA) is 132 Å². The minimum Gasteiger partial charge on any atom is -0.508 e. The number of nitriles is 1. The zero-order chi connectivity index (χ0) is 25.7. The highest BCUT2D eigenvalue weighted by atomic mass is 32.2. The molecule has 1 aromatic rings. The molecule has 2 unspecified atom stereocenters. The number of ether oxygens (including phenoxy) is 1. The summed E-state index contributed by atoms with van der Waals surface area (Å²) < 4.78 is 5.31. The molecular weight excluding hydrogens is 456 g/mol. The third kappa shape index (κ3) is 9.91. The second kappa shape index (κ2) is 14.4. The molecule has 3 amide bonds. The average molecular weight is 493 g/mol. The highest BCUT2D eigenvalue weighted by molar-refractivity contribution is 7.98. The number of unbranched alkanes of at least 4 members (excludes halogenated alkanes) is 1. The Balaban J connectivity index is 3.33. The van der Waals surface area contributed by atoms with E-state index in [0.717, 1.165) is 17.7 Å². The Morgan fingerprint density at radius 1 is 1.24 bits per heavy atom. The van der Waals surface area contributed by atoms with Gasteiger partial charge in [0.1, 0.15) is 30.0 Å². The summed E-state index contributed by atoms with van der Waals surface area (Å²) in [6, 6.07) is 5.77. The minimum atomic E-state index is -1.11. The van der Waals surface area contributed by atoms with E-state index < -0.39 is 35.6 Å². The molecule has 0 spiro atoms. The van der Waals surface area contributed by atoms with E-state index in [4.69, 9.17) is 4.74 Å². The van der Waals surface area contributed by atoms with Gasteiger partial charge in [-0.05, 0) is 63.3 Å². The molecule has 0 aliphatic carbocycles. The van der Waals surface area contributed by atoms with E-state index in [0.29, 0.717) is 24.3 Å². The SMILES string of the molecule is CCCCNC(=O)C(c1ccc(O)cc1)N(CC#N)C(=O)C(CCSC)NC(=O)OC(C)(C)C. The lowest BCUT2D eigenvalue weighted by Crippen LogP contribution is -2.53. The van der Waals surface area contributed by atoms with Crippen molar-refractivity contribution in [2.45, 2.75) is 64.6 Å². The summed E-state index contributed by atoms with van der Waals surface area (Å²) in [6.45, 7) is 7.20. The first kappa shape index (κ1) is 29.1. The van der Waals surface area contributed by atoms with Gasteiger partial charge in [0.15, 0.2) is 0 Å². The lowest BCUT2D eigenvalue weighted by atomic mass is 10.0. The summed E-state index contributed by atoms with van der Waals surface area (Å²) in [5.74, 6) is -0.426. The van der Waals surface area contributed by atoms with Crippen molar-refractivity contribution in [1.82, 2.24) is 15.5 Å². The maximum absolute atomic E-state index is 13.6. The Morgan fingerprint density at radius 3 is 2.41 bits per heavy atom. The van der Waals surface area contributed by atoms with Gasteiger partial charge in [0, 0.05) is 6.54 Å². The van der Waals surface area contributed by atoms with Gasteiger partial charge in [0.25, 0.3) is 0 Å². The lowest BCUT2D eigenvalue weighted by molar-refractivity contribution is -0.141. The molecule has 0 aliphatic heterocycles. The standard InChI is InChI=1S/C24H36N4O5S/c1-6-7-14-26-21(30)20(17-8-10-18(29)11-9-17)28(15-13-25)22(31)19(12-16-34-5)27-23(32)33-24(2,3)4/h8-11,19-20,29H,6-7,12,14-16H2,1-5H3,(H,26,30)(H,27,32). The third-order valence-electron chi connectivity index (χ3n) is 4.72. The molecule has 34 heavy (non-hydrogen) atoms. The molecule has 188 valence electrons. The summed E-state index contributed by atoms with van der Waals surface area (Å²) in [5.41, 5.74) is -0.312. The number of phenols is 1. The fourth-order valence-electron chi connectivity index (χ4n) is 3.13. The van der Waals surface area contributed by atoms with E-state index in [9.17, 15) is 24.8 Å². The molecule has 0 saturated heterocycles. The van der Waals surface area contributed by atoms with Gasteiger partial charge >= 0.3 is 6.09 Å². The van der Waals surface area contributed by atoms with Gasteiger partial charge in [-0.1, -0.05) is 25.5 Å². The van der Waals surface area contributed by atoms with Gasteiger partial charge in [0.2, 0.25) is 11.8 Å². The number of thioether (sulfide) groups is 1. The van der Waals surface area contributed by atoms with Gasteiger partial charge in [-0.2, -0.15) is 17.0 Å². The van der Waals surface area contributed by atoms with Crippen molar-refractivity contribution in [3.63, 3.8) is 0 Å². The van der Waals surface area contributed by atoms with Crippen LogP contribution in [0, 0.1) is 11.3 Å². The number of alkyl carbamates (subject to hydrolysis) is 1. The van der Waals surface area contributed by atoms with Gasteiger partial charge < -0.3 is 25.4 Å². The zero-order valence-corrected chi connectivity index (χ0v) is 21.4. The van der Waals surface area contributed by atoms with Crippen LogP contribution in [0.4, 0.5) is 4.79 Å². The molecule has 0 saturated carbocycles. The maximum atomic E-state index is 13.6. The van der Waals surface area contributed by atoms with Crippen LogP contribution in [0.5, 0.6) is 5.75 Å². The monoisotopic (exact) mass is 492 g/mol. The largest absolute Gasteiger partial charge is 0.508 e. The quantitative estimate of drug-likeness (QED) is 0.301. The van der Waals surface area contributed by atoms with Gasteiger partial charge in [-0.15, -0.1) is 0 Å². The molecule has 0 bridgehead atoms. The summed E-state index contributed by atoms with van der Waals surface area (Å²) in [5, 5.41) is 24.6. The van der Waals surface area contributed by atoms with Crippen molar-refractivity contribution >= 4 is 29.7 Å². The van der Waals surface area contributed by atoms with Crippen LogP contribution in [0.3, 0.4) is 0 Å². The number of rotatable bonds is 12. The molecule has 0 radical (unpaired) electrons. The number of amides is 3. The molecular formula is C24H36N4O5S. The number of phenolic OH excluding ortho intramolecular Hbond substituents is 1. The van der Waals surface area contributed by atoms with Gasteiger partial charge in [-0.3, -0.25) is 9.59 Å². The number of aromatic hydroxyl groups is 1. The highest BCUT2D eigenvalue weighted by Gasteiger charge is 2.36. The first-order valence-electron chi connectivity index (χ1n) is 11.3. The van der Waals surface area contributed by atoms with E-state index in [1.807, 2.05) is 19.2 Å². The molecule has 3 N–H and O–H groups in total. The molecule has 0 aliphatic rings. The predicted octanol–water partition coefficient (Wildman–Crippen LogP) is 3.35. The van der Waals surface area contributed by atoms with Crippen LogP contribution in [0.15, 0.2) is 24.3 Å². The van der Waals surface area contributed by atoms with Crippen LogP contribution in [-0.2, 0) is 14.3 Å². The summed E-state index contributed by atoms with van der Waals surface area (Å²) in [4.78, 5) is 40.4. The Morgan fingerprint density at radius 2 is 1.88 bits per heavy atom. The number of hydrogen-bond donors (Lipinski definition) is 3. The van der Waals surface area contributed by atoms with Crippen LogP contribution >= 0.6 is 11.8 Å². The summed E-state index contributed by atoms with van der Waals surface area (Å²) in [7, 11) is 0. The van der Waals surface area contributed by atoms with Crippen LogP contribution in [-0.4, -0.2) is 64.7 Å². The number of carbonyl (C=O) groups excluding carboxylic acids is 3. The van der Waals surface area contributed by atoms with Crippen LogP contribution in [0.25, 0.3) is 0 Å². The zero-order valence-electron chi connectivity index (χ0n) is 20.6. The Bertz CT molecular complexity index is 848. The minimum absolute atomic E-state index is 0.0106. The number of nitrogens with one attached hydrogen (secondary N) is 2. The van der Waals surface area contributed by atoms with Crippen molar-refractivity contribution in [3.05, 3.63) is 29.8 Å². The number of nitrogens with zero attached hydrogens (tertiary/aromatic N) is 2. The van der Waals surface area contributed by atoms with E-state index in [1.54, 1.807) is 20.8 Å². The van der Waals surface area contributed by atoms with Crippen molar-refractivity contribution in [1.29, 1.82) is 5.26 Å². The smallest absolute Gasteiger partial charge is 0.408 e. The van der Waals surface area contributed by atoms with E-state index in [-0.39, 0.29) is 12.3 Å². The summed E-state index contributed by atoms with van der Waals surface area (Å²) >= 11 is 1.50. The van der Waals surface area contributed by atoms with E-state index in [2.05, 4.69) is 10.6 Å². The maximum Gasteiger partial charge on any atom is 0.408 e. The van der Waals surface area contributed by atoms with Crippen molar-refractivity contribution < 1.29 is 24.2 Å². The lowest BCUT2D eigenvalue weighted by Gasteiger charge is -2.33. The molecule has 10 heteroatoms. The van der Waals surface area contributed by atoms with Gasteiger partial charge in [-0.25, -0.2) is 4.79 Å². The highest BCUT2D eigenvalue weighted by Crippen LogP contribution is 2.25. The predicted molar refractivity (Wildman–Crippen MR) is 132 cm³/mol. The summed E-state index contributed by atoms with van der Waals surface area (Å²) in [6.07, 6.45) is 3.05. The van der Waals surface area contributed by atoms with E-state index >= 15 is 0 Å². The molecule has 9 nitrogen and oxygen atoms in total. The van der Waals surface area contributed by atoms with Crippen molar-refractivity contribution in [3.8, 4) is 11.8 Å². The Kier molecular flexibility index (Phi) is 12.3. The van der Waals surface area contributed by atoms with Crippen LogP contribution in [0.2, 0.25) is 0 Å². The van der Waals surface area contributed by atoms with Crippen LogP contribution < -0.4 is 10.6 Å². The fourth-order valence-corrected chi connectivity index (χ4v) is 3.60. The van der Waals surface area contributed by atoms with Gasteiger partial charge in [0.05, 0.1) is 6.07 Å². The number of carbonyl (C=O) groups is 3. The molecule has 2 atom stereocenters. The fraction of sp³-hybridized carbons (Fsp3) is 0.583. The molecule has 0 aromatic heterocycles. The second-order valence-corrected chi connectivity index (χ2v) is 9.73. The molecule has 1 aromatic carbocycles. The Labute approximate surface area is 206 Å². The third-order valence-corrected chi connectivity index (χ3v) is 5.37. The molecule has 0 heterocycles. The first-order valence-corrected chi connectivity index (χ1v) is 12.7. The Hall–Kier alpha value is -2.93. The molecule has 0 fully saturated rings. The van der Waals surface area contributed by atoms with E-state index in [1.165, 1.54) is 36.0 Å². The number of hydrogen-bond acceptors (Lipinski definition) is 7. The van der Waals surface area contributed by atoms with Crippen molar-refractivity contribution in [2.75, 3.05) is 25.1 Å². The number of benzene rings is 1. The average Bonchev–Trinajstić information content (AvgIpc) is 2.76. The molecule has 1 rings (SSSR count). The first-order chi connectivity index (χ1) is 16.0. The second-order valence-electron chi connectivity index (χ2n) is 8.74. The normalized spacial score (nSPS) is 12.7. The van der Waals surface area contributed by atoms with Crippen LogP contribution in [0.1, 0.15) is 58.6 Å². The van der Waals surface area contributed by atoms with Crippen molar-refractivity contribution in [2.24, 2.45) is 0 Å².